The van der Waals surface area contributed by atoms with Crippen molar-refractivity contribution in [3.05, 3.63) is 59.8 Å². The summed E-state index contributed by atoms with van der Waals surface area (Å²) >= 11 is 7.98. The van der Waals surface area contributed by atoms with Crippen molar-refractivity contribution in [3.63, 3.8) is 0 Å². The Morgan fingerprint density at radius 3 is 2.80 bits per heavy atom. The van der Waals surface area contributed by atoms with Gasteiger partial charge in [-0.3, -0.25) is 0 Å². The number of benzene rings is 2. The predicted octanol–water partition coefficient (Wildman–Crippen LogP) is 5.10. The topological polar surface area (TPSA) is 59.1 Å². The Morgan fingerprint density at radius 2 is 1.88 bits per heavy atom. The number of hydrogen-bond acceptors (Lipinski definition) is 6. The quantitative estimate of drug-likeness (QED) is 0.574. The van der Waals surface area contributed by atoms with Gasteiger partial charge in [-0.15, -0.1) is 11.8 Å². The molecule has 4 rings (SSSR count). The van der Waals surface area contributed by atoms with E-state index in [9.17, 15) is 0 Å². The first-order valence-electron chi connectivity index (χ1n) is 7.79. The Hall–Kier alpha value is -2.44. The Labute approximate surface area is 154 Å². The molecule has 1 aromatic heterocycles. The monoisotopic (exact) mass is 370 g/mol. The van der Waals surface area contributed by atoms with Gasteiger partial charge in [0.2, 0.25) is 5.95 Å². The van der Waals surface area contributed by atoms with Crippen LogP contribution in [0.15, 0.2) is 59.6 Å². The number of rotatable bonds is 0. The summed E-state index contributed by atoms with van der Waals surface area (Å²) in [6, 6.07) is 15.8. The number of halogens is 1. The highest BCUT2D eigenvalue weighted by Gasteiger charge is 2.08. The van der Waals surface area contributed by atoms with Crippen molar-refractivity contribution < 1.29 is 4.74 Å². The minimum absolute atomic E-state index is 0.462. The molecule has 7 heteroatoms. The Morgan fingerprint density at radius 1 is 1.04 bits per heavy atom. The first-order valence-corrected chi connectivity index (χ1v) is 9.15. The van der Waals surface area contributed by atoms with Crippen molar-refractivity contribution in [2.75, 3.05) is 23.0 Å². The molecule has 0 amide bonds. The molecule has 0 fully saturated rings. The third-order valence-electron chi connectivity index (χ3n) is 3.55. The number of nitrogens with zero attached hydrogens (tertiary/aromatic N) is 2. The minimum atomic E-state index is 0.462. The van der Waals surface area contributed by atoms with Crippen LogP contribution in [0.3, 0.4) is 0 Å². The normalized spacial score (nSPS) is 13.5. The van der Waals surface area contributed by atoms with Crippen molar-refractivity contribution in [3.8, 4) is 5.75 Å². The Balaban J connectivity index is 1.73. The SMILES string of the molecule is Clc1cnc2nc1Nc1cccc(c1)SCCOc1cccc(c1)N2. The molecule has 25 heavy (non-hydrogen) atoms. The van der Waals surface area contributed by atoms with Crippen LogP contribution >= 0.6 is 23.4 Å². The van der Waals surface area contributed by atoms with Crippen LogP contribution in [0.5, 0.6) is 5.75 Å². The Kier molecular flexibility index (Phi) is 4.63. The fourth-order valence-corrected chi connectivity index (χ4v) is 3.35. The highest BCUT2D eigenvalue weighted by molar-refractivity contribution is 7.99. The maximum atomic E-state index is 6.24. The van der Waals surface area contributed by atoms with Crippen LogP contribution in [0, 0.1) is 0 Å². The molecule has 2 N–H and O–H groups in total. The van der Waals surface area contributed by atoms with Gasteiger partial charge in [0.25, 0.3) is 0 Å². The van der Waals surface area contributed by atoms with Gasteiger partial charge in [-0.05, 0) is 30.3 Å². The molecule has 1 aliphatic heterocycles. The maximum Gasteiger partial charge on any atom is 0.229 e. The lowest BCUT2D eigenvalue weighted by atomic mass is 10.3. The summed E-state index contributed by atoms with van der Waals surface area (Å²) in [4.78, 5) is 9.87. The van der Waals surface area contributed by atoms with Crippen LogP contribution in [-0.4, -0.2) is 22.3 Å². The van der Waals surface area contributed by atoms with Crippen molar-refractivity contribution in [2.45, 2.75) is 4.90 Å². The van der Waals surface area contributed by atoms with Gasteiger partial charge in [-0.2, -0.15) is 4.98 Å². The molecule has 126 valence electrons. The van der Waals surface area contributed by atoms with Gasteiger partial charge < -0.3 is 15.4 Å². The Bertz CT molecular complexity index is 906. The van der Waals surface area contributed by atoms with Crippen LogP contribution in [0.1, 0.15) is 0 Å². The number of hydrogen-bond donors (Lipinski definition) is 2. The zero-order valence-corrected chi connectivity index (χ0v) is 14.8. The molecule has 0 aliphatic carbocycles. The number of fused-ring (bicyclic) bond motifs is 6. The number of thioether (sulfide) groups is 1. The zero-order chi connectivity index (χ0) is 17.1. The molecule has 0 radical (unpaired) electrons. The second-order valence-corrected chi connectivity index (χ2v) is 6.97. The van der Waals surface area contributed by atoms with E-state index in [0.717, 1.165) is 27.8 Å². The molecule has 0 atom stereocenters. The van der Waals surface area contributed by atoms with E-state index >= 15 is 0 Å². The van der Waals surface area contributed by atoms with Gasteiger partial charge in [0.05, 0.1) is 12.8 Å². The lowest BCUT2D eigenvalue weighted by molar-refractivity contribution is 0.344. The third kappa shape index (κ3) is 3.97. The molecule has 0 saturated heterocycles. The van der Waals surface area contributed by atoms with Gasteiger partial charge >= 0.3 is 0 Å². The molecule has 5 nitrogen and oxygen atoms in total. The van der Waals surface area contributed by atoms with E-state index in [1.165, 1.54) is 0 Å². The molecule has 1 aliphatic rings. The van der Waals surface area contributed by atoms with Gasteiger partial charge in [0.1, 0.15) is 10.8 Å². The minimum Gasteiger partial charge on any atom is -0.493 e. The summed E-state index contributed by atoms with van der Waals surface area (Å²) in [5.41, 5.74) is 1.78. The van der Waals surface area contributed by atoms with E-state index in [0.29, 0.717) is 23.4 Å². The van der Waals surface area contributed by atoms with Crippen molar-refractivity contribution in [1.82, 2.24) is 9.97 Å². The average Bonchev–Trinajstić information content (AvgIpc) is 2.62. The number of nitrogens with one attached hydrogen (secondary N) is 2. The molecule has 3 aromatic rings. The maximum absolute atomic E-state index is 6.24. The summed E-state index contributed by atoms with van der Waals surface area (Å²) in [6.07, 6.45) is 1.58. The fourth-order valence-electron chi connectivity index (χ4n) is 2.43. The van der Waals surface area contributed by atoms with Crippen molar-refractivity contribution in [2.24, 2.45) is 0 Å². The molecule has 2 aromatic carbocycles. The molecule has 0 unspecified atom stereocenters. The molecule has 0 spiro atoms. The van der Waals surface area contributed by atoms with Gasteiger partial charge in [-0.25, -0.2) is 4.98 Å². The number of anilines is 4. The highest BCUT2D eigenvalue weighted by atomic mass is 35.5. The van der Waals surface area contributed by atoms with Gasteiger partial charge in [-0.1, -0.05) is 23.7 Å². The third-order valence-corrected chi connectivity index (χ3v) is 4.79. The molecule has 6 bridgehead atoms. The van der Waals surface area contributed by atoms with E-state index < -0.39 is 0 Å². The molecule has 2 heterocycles. The van der Waals surface area contributed by atoms with E-state index in [1.807, 2.05) is 36.4 Å². The summed E-state index contributed by atoms with van der Waals surface area (Å²) in [5.74, 6) is 2.68. The predicted molar refractivity (Wildman–Crippen MR) is 103 cm³/mol. The lowest BCUT2D eigenvalue weighted by Gasteiger charge is -2.11. The van der Waals surface area contributed by atoms with Gasteiger partial charge in [0, 0.05) is 28.1 Å². The van der Waals surface area contributed by atoms with E-state index in [1.54, 1.807) is 18.0 Å². The summed E-state index contributed by atoms with van der Waals surface area (Å²) in [5, 5.41) is 6.90. The van der Waals surface area contributed by atoms with Crippen LogP contribution in [0.2, 0.25) is 5.02 Å². The summed E-state index contributed by atoms with van der Waals surface area (Å²) in [6.45, 7) is 0.627. The first kappa shape index (κ1) is 16.1. The van der Waals surface area contributed by atoms with Crippen LogP contribution in [0.4, 0.5) is 23.1 Å². The zero-order valence-electron chi connectivity index (χ0n) is 13.2. The molecule has 0 saturated carbocycles. The fraction of sp³-hybridized carbons (Fsp3) is 0.111. The van der Waals surface area contributed by atoms with Gasteiger partial charge in [0.15, 0.2) is 5.82 Å². The summed E-state index contributed by atoms with van der Waals surface area (Å²) in [7, 11) is 0. The van der Waals surface area contributed by atoms with E-state index in [-0.39, 0.29) is 0 Å². The van der Waals surface area contributed by atoms with E-state index in [2.05, 4.69) is 32.7 Å². The second-order valence-electron chi connectivity index (χ2n) is 5.39. The number of aromatic nitrogens is 2. The first-order chi connectivity index (χ1) is 12.3. The highest BCUT2D eigenvalue weighted by Crippen LogP contribution is 2.28. The van der Waals surface area contributed by atoms with Crippen LogP contribution in [0.25, 0.3) is 0 Å². The lowest BCUT2D eigenvalue weighted by Crippen LogP contribution is -2.02. The standard InChI is InChI=1S/C18H15ClN4OS/c19-16-11-20-18-22-12-3-1-5-14(9-12)24-7-8-25-15-6-2-4-13(10-15)21-17(16)23-18/h1-6,9-11H,7-8H2,(H2,20,21,22,23). The van der Waals surface area contributed by atoms with E-state index in [4.69, 9.17) is 16.3 Å². The largest absolute Gasteiger partial charge is 0.493 e. The van der Waals surface area contributed by atoms with Crippen molar-refractivity contribution >= 4 is 46.5 Å². The second kappa shape index (κ2) is 7.21. The summed E-state index contributed by atoms with van der Waals surface area (Å²) < 4.78 is 5.83. The average molecular weight is 371 g/mol. The number of ether oxygens (including phenoxy) is 1. The molecular formula is C18H15ClN4OS. The van der Waals surface area contributed by atoms with Crippen molar-refractivity contribution in [1.29, 1.82) is 0 Å². The van der Waals surface area contributed by atoms with Crippen LogP contribution in [-0.2, 0) is 0 Å². The van der Waals surface area contributed by atoms with Crippen LogP contribution < -0.4 is 15.4 Å². The molecular weight excluding hydrogens is 356 g/mol. The smallest absolute Gasteiger partial charge is 0.229 e.